The quantitative estimate of drug-likeness (QED) is 0.724. The number of benzene rings is 2. The molecular weight excluding hydrogens is 206 g/mol. The van der Waals surface area contributed by atoms with E-state index < -0.39 is 0 Å². The van der Waals surface area contributed by atoms with Crippen LogP contribution in [-0.4, -0.2) is 0 Å². The molecule has 0 atom stereocenters. The molecule has 17 heavy (non-hydrogen) atoms. The molecule has 0 bridgehead atoms. The first-order valence-electron chi connectivity index (χ1n) is 5.93. The van der Waals surface area contributed by atoms with Crippen molar-refractivity contribution in [3.63, 3.8) is 0 Å². The van der Waals surface area contributed by atoms with E-state index in [-0.39, 0.29) is 0 Å². The number of hydrogen-bond acceptors (Lipinski definition) is 1. The smallest absolute Gasteiger partial charge is 0.0394 e. The third-order valence-corrected chi connectivity index (χ3v) is 3.16. The van der Waals surface area contributed by atoms with Gasteiger partial charge < -0.3 is 5.73 Å². The summed E-state index contributed by atoms with van der Waals surface area (Å²) >= 11 is 0. The minimum absolute atomic E-state index is 0.852. The Kier molecular flexibility index (Phi) is 2.93. The Labute approximate surface area is 103 Å². The van der Waals surface area contributed by atoms with Crippen LogP contribution in [0.1, 0.15) is 22.3 Å². The van der Waals surface area contributed by atoms with Crippen LogP contribution in [0.2, 0.25) is 0 Å². The minimum Gasteiger partial charge on any atom is -0.398 e. The Morgan fingerprint density at radius 2 is 1.35 bits per heavy atom. The average molecular weight is 225 g/mol. The van der Waals surface area contributed by atoms with Gasteiger partial charge in [0.15, 0.2) is 0 Å². The summed E-state index contributed by atoms with van der Waals surface area (Å²) in [6.45, 7) is 8.53. The Bertz CT molecular complexity index is 545. The molecule has 0 aliphatic rings. The summed E-state index contributed by atoms with van der Waals surface area (Å²) in [6, 6.07) is 10.6. The van der Waals surface area contributed by atoms with Crippen molar-refractivity contribution in [1.29, 1.82) is 0 Å². The molecule has 0 heterocycles. The van der Waals surface area contributed by atoms with Crippen molar-refractivity contribution in [1.82, 2.24) is 0 Å². The molecule has 2 aromatic rings. The van der Waals surface area contributed by atoms with Gasteiger partial charge in [0.1, 0.15) is 0 Å². The summed E-state index contributed by atoms with van der Waals surface area (Å²) in [5.74, 6) is 0. The number of rotatable bonds is 1. The van der Waals surface area contributed by atoms with Crippen molar-refractivity contribution in [2.24, 2.45) is 0 Å². The average Bonchev–Trinajstić information content (AvgIpc) is 2.21. The lowest BCUT2D eigenvalue weighted by Gasteiger charge is -2.14. The number of hydrogen-bond donors (Lipinski definition) is 1. The van der Waals surface area contributed by atoms with E-state index in [4.69, 9.17) is 5.73 Å². The first-order valence-corrected chi connectivity index (χ1v) is 5.93. The maximum atomic E-state index is 6.10. The van der Waals surface area contributed by atoms with E-state index in [9.17, 15) is 0 Å². The lowest BCUT2D eigenvalue weighted by Crippen LogP contribution is -1.95. The van der Waals surface area contributed by atoms with Gasteiger partial charge in [0, 0.05) is 11.3 Å². The van der Waals surface area contributed by atoms with E-state index in [1.807, 2.05) is 6.07 Å². The third kappa shape index (κ3) is 2.19. The number of aryl methyl sites for hydroxylation is 4. The molecule has 0 aliphatic heterocycles. The van der Waals surface area contributed by atoms with Gasteiger partial charge >= 0.3 is 0 Å². The van der Waals surface area contributed by atoms with Gasteiger partial charge in [-0.05, 0) is 56.5 Å². The molecule has 2 aromatic carbocycles. The van der Waals surface area contributed by atoms with Crippen molar-refractivity contribution in [2.45, 2.75) is 27.7 Å². The van der Waals surface area contributed by atoms with E-state index in [1.165, 1.54) is 27.8 Å². The van der Waals surface area contributed by atoms with Gasteiger partial charge in [-0.2, -0.15) is 0 Å². The first-order chi connectivity index (χ1) is 7.99. The predicted molar refractivity (Wildman–Crippen MR) is 75.2 cm³/mol. The molecule has 0 radical (unpaired) electrons. The molecule has 0 aromatic heterocycles. The molecule has 2 rings (SSSR count). The number of nitrogens with two attached hydrogens (primary N) is 1. The molecule has 0 aliphatic carbocycles. The fraction of sp³-hybridized carbons (Fsp3) is 0.250. The number of anilines is 1. The van der Waals surface area contributed by atoms with Crippen molar-refractivity contribution >= 4 is 5.69 Å². The van der Waals surface area contributed by atoms with Crippen molar-refractivity contribution in [2.75, 3.05) is 5.73 Å². The molecule has 2 N–H and O–H groups in total. The zero-order chi connectivity index (χ0) is 12.6. The van der Waals surface area contributed by atoms with Crippen molar-refractivity contribution in [3.8, 4) is 11.1 Å². The molecule has 88 valence electrons. The van der Waals surface area contributed by atoms with Crippen LogP contribution in [0.25, 0.3) is 11.1 Å². The van der Waals surface area contributed by atoms with E-state index in [0.717, 1.165) is 11.3 Å². The fourth-order valence-corrected chi connectivity index (χ4v) is 2.49. The molecule has 0 fully saturated rings. The van der Waals surface area contributed by atoms with Crippen LogP contribution in [0, 0.1) is 27.7 Å². The standard InChI is InChI=1S/C16H19N/c1-10-5-6-15(17)14(9-10)16-12(3)7-11(2)8-13(16)4/h5-9H,17H2,1-4H3. The van der Waals surface area contributed by atoms with Gasteiger partial charge in [-0.1, -0.05) is 29.3 Å². The summed E-state index contributed by atoms with van der Waals surface area (Å²) in [6.07, 6.45) is 0. The van der Waals surface area contributed by atoms with E-state index >= 15 is 0 Å². The molecule has 0 saturated carbocycles. The summed E-state index contributed by atoms with van der Waals surface area (Å²) in [5, 5.41) is 0. The summed E-state index contributed by atoms with van der Waals surface area (Å²) in [7, 11) is 0. The first kappa shape index (κ1) is 11.7. The zero-order valence-corrected chi connectivity index (χ0v) is 11.0. The highest BCUT2D eigenvalue weighted by molar-refractivity contribution is 5.81. The zero-order valence-electron chi connectivity index (χ0n) is 11.0. The highest BCUT2D eigenvalue weighted by atomic mass is 14.6. The Hall–Kier alpha value is -1.76. The Morgan fingerprint density at radius 3 is 1.94 bits per heavy atom. The topological polar surface area (TPSA) is 26.0 Å². The molecule has 0 amide bonds. The highest BCUT2D eigenvalue weighted by Crippen LogP contribution is 2.33. The van der Waals surface area contributed by atoms with Crippen LogP contribution in [-0.2, 0) is 0 Å². The molecule has 0 spiro atoms. The fourth-order valence-electron chi connectivity index (χ4n) is 2.49. The second kappa shape index (κ2) is 4.25. The van der Waals surface area contributed by atoms with Crippen LogP contribution in [0.3, 0.4) is 0 Å². The Morgan fingerprint density at radius 1 is 0.765 bits per heavy atom. The molecule has 1 heteroatoms. The second-order valence-electron chi connectivity index (χ2n) is 4.86. The molecule has 1 nitrogen and oxygen atoms in total. The van der Waals surface area contributed by atoms with Crippen molar-refractivity contribution < 1.29 is 0 Å². The summed E-state index contributed by atoms with van der Waals surface area (Å²) < 4.78 is 0. The number of nitrogen functional groups attached to an aromatic ring is 1. The molecule has 0 saturated heterocycles. The SMILES string of the molecule is Cc1cc(C)c(-c2cc(C)ccc2N)c(C)c1. The van der Waals surface area contributed by atoms with Crippen LogP contribution < -0.4 is 5.73 Å². The lowest BCUT2D eigenvalue weighted by atomic mass is 9.92. The van der Waals surface area contributed by atoms with E-state index in [2.05, 4.69) is 52.0 Å². The lowest BCUT2D eigenvalue weighted by molar-refractivity contribution is 1.32. The van der Waals surface area contributed by atoms with Crippen LogP contribution in [0.4, 0.5) is 5.69 Å². The maximum Gasteiger partial charge on any atom is 0.0394 e. The van der Waals surface area contributed by atoms with Gasteiger partial charge in [0.25, 0.3) is 0 Å². The van der Waals surface area contributed by atoms with Crippen LogP contribution in [0.5, 0.6) is 0 Å². The molecular formula is C16H19N. The van der Waals surface area contributed by atoms with E-state index in [1.54, 1.807) is 0 Å². The Balaban J connectivity index is 2.72. The van der Waals surface area contributed by atoms with Gasteiger partial charge in [0.2, 0.25) is 0 Å². The van der Waals surface area contributed by atoms with Gasteiger partial charge in [-0.25, -0.2) is 0 Å². The largest absolute Gasteiger partial charge is 0.398 e. The van der Waals surface area contributed by atoms with Crippen molar-refractivity contribution in [3.05, 3.63) is 52.6 Å². The maximum absolute atomic E-state index is 6.10. The van der Waals surface area contributed by atoms with Crippen LogP contribution >= 0.6 is 0 Å². The molecule has 0 unspecified atom stereocenters. The third-order valence-electron chi connectivity index (χ3n) is 3.16. The summed E-state index contributed by atoms with van der Waals surface area (Å²) in [4.78, 5) is 0. The monoisotopic (exact) mass is 225 g/mol. The summed E-state index contributed by atoms with van der Waals surface area (Å²) in [5.41, 5.74) is 14.5. The van der Waals surface area contributed by atoms with Gasteiger partial charge in [0.05, 0.1) is 0 Å². The van der Waals surface area contributed by atoms with E-state index in [0.29, 0.717) is 0 Å². The minimum atomic E-state index is 0.852. The van der Waals surface area contributed by atoms with Gasteiger partial charge in [-0.15, -0.1) is 0 Å². The second-order valence-corrected chi connectivity index (χ2v) is 4.86. The van der Waals surface area contributed by atoms with Gasteiger partial charge in [-0.3, -0.25) is 0 Å². The predicted octanol–water partition coefficient (Wildman–Crippen LogP) is 4.17. The highest BCUT2D eigenvalue weighted by Gasteiger charge is 2.09. The van der Waals surface area contributed by atoms with Crippen LogP contribution in [0.15, 0.2) is 30.3 Å². The normalized spacial score (nSPS) is 10.6.